The maximum atomic E-state index is 14.3. The van der Waals surface area contributed by atoms with Crippen LogP contribution in [0.4, 0.5) is 17.6 Å². The lowest BCUT2D eigenvalue weighted by molar-refractivity contribution is -0.327. The van der Waals surface area contributed by atoms with Crippen molar-refractivity contribution in [2.45, 2.75) is 37.7 Å². The Kier molecular flexibility index (Phi) is 4.96. The summed E-state index contributed by atoms with van der Waals surface area (Å²) >= 11 is 0. The Bertz CT molecular complexity index is 880. The maximum Gasteiger partial charge on any atom is 0.522 e. The van der Waals surface area contributed by atoms with Gasteiger partial charge >= 0.3 is 6.36 Å². The van der Waals surface area contributed by atoms with Crippen LogP contribution in [0.1, 0.15) is 24.5 Å². The van der Waals surface area contributed by atoms with Crippen molar-refractivity contribution in [3.63, 3.8) is 0 Å². The van der Waals surface area contributed by atoms with Gasteiger partial charge in [0.2, 0.25) is 5.91 Å². The van der Waals surface area contributed by atoms with Gasteiger partial charge in [0.05, 0.1) is 41.6 Å². The molecule has 2 aliphatic rings. The molecule has 0 radical (unpaired) electrons. The minimum Gasteiger partial charge on any atom is -0.336 e. The number of aromatic nitrogens is 3. The molecule has 11 heteroatoms. The molecule has 4 rings (SSSR count). The fraction of sp³-hybridized carbons (Fsp3) is 0.588. The lowest BCUT2D eigenvalue weighted by Crippen LogP contribution is -2.41. The second-order valence-electron chi connectivity index (χ2n) is 7.05. The van der Waals surface area contributed by atoms with E-state index >= 15 is 0 Å². The molecular weight excluding hydrogens is 382 g/mol. The minimum absolute atomic E-state index is 0.0514. The summed E-state index contributed by atoms with van der Waals surface area (Å²) in [6.45, 7) is 0.917. The highest BCUT2D eigenvalue weighted by atomic mass is 19.4. The summed E-state index contributed by atoms with van der Waals surface area (Å²) in [4.78, 5) is 18.0. The van der Waals surface area contributed by atoms with Crippen LogP contribution < -0.4 is 5.32 Å². The van der Waals surface area contributed by atoms with Gasteiger partial charge in [-0.05, 0) is 12.8 Å². The van der Waals surface area contributed by atoms with Crippen LogP contribution in [0.5, 0.6) is 0 Å². The van der Waals surface area contributed by atoms with E-state index in [0.29, 0.717) is 49.1 Å². The van der Waals surface area contributed by atoms with Crippen LogP contribution in [0, 0.1) is 5.82 Å². The Labute approximate surface area is 157 Å². The number of nitrogens with zero attached hydrogens (tertiary/aromatic N) is 4. The van der Waals surface area contributed by atoms with E-state index in [1.54, 1.807) is 0 Å². The number of hydrogen-bond acceptors (Lipinski definition) is 5. The molecule has 0 unspecified atom stereocenters. The first-order valence-electron chi connectivity index (χ1n) is 9.04. The topological polar surface area (TPSA) is 72.3 Å². The average Bonchev–Trinajstić information content (AvgIpc) is 3.17. The third-order valence-corrected chi connectivity index (χ3v) is 5.23. The predicted octanol–water partition coefficient (Wildman–Crippen LogP) is 1.78. The quantitative estimate of drug-likeness (QED) is 0.774. The standard InChI is InChI=1S/C17H19F4N5O2/c18-12-6-23-7-13-15(12)16(10-4-22-5-10)24-26(13)8-14(27)25-3-1-2-11(25)9-28-17(19,20)21/h6-7,10-11,22H,1-5,8-9H2/t11-/m0/s1. The number of carbonyl (C=O) groups is 1. The highest BCUT2D eigenvalue weighted by Gasteiger charge is 2.35. The number of carbonyl (C=O) groups excluding carboxylic acids is 1. The zero-order valence-electron chi connectivity index (χ0n) is 14.9. The van der Waals surface area contributed by atoms with Gasteiger partial charge in [0.1, 0.15) is 6.54 Å². The van der Waals surface area contributed by atoms with Crippen LogP contribution in [0.15, 0.2) is 12.4 Å². The number of pyridine rings is 1. The van der Waals surface area contributed by atoms with Gasteiger partial charge in [-0.3, -0.25) is 19.2 Å². The molecule has 2 aromatic rings. The van der Waals surface area contributed by atoms with Crippen LogP contribution in [0.25, 0.3) is 10.9 Å². The molecule has 1 N–H and O–H groups in total. The molecule has 2 aromatic heterocycles. The van der Waals surface area contributed by atoms with Gasteiger partial charge < -0.3 is 10.2 Å². The second kappa shape index (κ2) is 7.28. The summed E-state index contributed by atoms with van der Waals surface area (Å²) < 4.78 is 56.6. The van der Waals surface area contributed by atoms with E-state index in [9.17, 15) is 22.4 Å². The molecule has 0 aliphatic carbocycles. The van der Waals surface area contributed by atoms with E-state index in [0.717, 1.165) is 6.20 Å². The molecule has 28 heavy (non-hydrogen) atoms. The van der Waals surface area contributed by atoms with Crippen molar-refractivity contribution in [2.75, 3.05) is 26.2 Å². The molecule has 0 saturated carbocycles. The zero-order chi connectivity index (χ0) is 19.9. The molecule has 152 valence electrons. The Morgan fingerprint density at radius 3 is 2.79 bits per heavy atom. The number of ether oxygens (including phenoxy) is 1. The third-order valence-electron chi connectivity index (χ3n) is 5.23. The van der Waals surface area contributed by atoms with Gasteiger partial charge in [0, 0.05) is 25.6 Å². The molecule has 0 spiro atoms. The number of alkyl halides is 3. The number of nitrogens with one attached hydrogen (secondary N) is 1. The number of amides is 1. The Hall–Kier alpha value is -2.27. The summed E-state index contributed by atoms with van der Waals surface area (Å²) in [5.41, 5.74) is 0.970. The summed E-state index contributed by atoms with van der Waals surface area (Å²) in [5, 5.41) is 7.87. The van der Waals surface area contributed by atoms with E-state index in [4.69, 9.17) is 0 Å². The molecule has 4 heterocycles. The summed E-state index contributed by atoms with van der Waals surface area (Å²) in [6.07, 6.45) is -1.13. The van der Waals surface area contributed by atoms with Crippen molar-refractivity contribution < 1.29 is 27.1 Å². The second-order valence-corrected chi connectivity index (χ2v) is 7.05. The first-order chi connectivity index (χ1) is 13.3. The summed E-state index contributed by atoms with van der Waals surface area (Å²) in [6, 6.07) is -0.638. The summed E-state index contributed by atoms with van der Waals surface area (Å²) in [5.74, 6) is -0.827. The van der Waals surface area contributed by atoms with Crippen molar-refractivity contribution in [1.29, 1.82) is 0 Å². The molecular formula is C17H19F4N5O2. The molecule has 0 bridgehead atoms. The zero-order valence-corrected chi connectivity index (χ0v) is 14.9. The van der Waals surface area contributed by atoms with E-state index < -0.39 is 24.8 Å². The van der Waals surface area contributed by atoms with E-state index in [-0.39, 0.29) is 18.4 Å². The minimum atomic E-state index is -4.73. The monoisotopic (exact) mass is 401 g/mol. The fourth-order valence-electron chi connectivity index (χ4n) is 3.74. The predicted molar refractivity (Wildman–Crippen MR) is 89.8 cm³/mol. The molecule has 7 nitrogen and oxygen atoms in total. The average molecular weight is 401 g/mol. The van der Waals surface area contributed by atoms with Gasteiger partial charge in [-0.25, -0.2) is 4.39 Å². The van der Waals surface area contributed by atoms with Crippen LogP contribution in [-0.4, -0.2) is 64.2 Å². The summed E-state index contributed by atoms with van der Waals surface area (Å²) in [7, 11) is 0. The van der Waals surface area contributed by atoms with E-state index in [1.165, 1.54) is 15.8 Å². The molecule has 1 amide bonds. The van der Waals surface area contributed by atoms with Crippen LogP contribution in [-0.2, 0) is 16.1 Å². The Morgan fingerprint density at radius 2 is 2.11 bits per heavy atom. The molecule has 1 atom stereocenters. The molecule has 2 fully saturated rings. The van der Waals surface area contributed by atoms with Gasteiger partial charge in [-0.1, -0.05) is 0 Å². The largest absolute Gasteiger partial charge is 0.522 e. The van der Waals surface area contributed by atoms with E-state index in [1.807, 2.05) is 0 Å². The lowest BCUT2D eigenvalue weighted by atomic mass is 9.97. The van der Waals surface area contributed by atoms with Crippen LogP contribution >= 0.6 is 0 Å². The highest BCUT2D eigenvalue weighted by molar-refractivity contribution is 5.85. The first kappa shape index (κ1) is 19.1. The van der Waals surface area contributed by atoms with Gasteiger partial charge in [-0.15, -0.1) is 13.2 Å². The van der Waals surface area contributed by atoms with Crippen molar-refractivity contribution in [2.24, 2.45) is 0 Å². The Balaban J connectivity index is 1.54. The third kappa shape index (κ3) is 3.68. The molecule has 0 aromatic carbocycles. The van der Waals surface area contributed by atoms with Crippen molar-refractivity contribution >= 4 is 16.8 Å². The molecule has 2 saturated heterocycles. The van der Waals surface area contributed by atoms with Crippen LogP contribution in [0.2, 0.25) is 0 Å². The smallest absolute Gasteiger partial charge is 0.336 e. The first-order valence-corrected chi connectivity index (χ1v) is 9.04. The van der Waals surface area contributed by atoms with Crippen molar-refractivity contribution in [3.05, 3.63) is 23.9 Å². The Morgan fingerprint density at radius 1 is 1.32 bits per heavy atom. The van der Waals surface area contributed by atoms with Gasteiger partial charge in [0.15, 0.2) is 5.82 Å². The maximum absolute atomic E-state index is 14.3. The van der Waals surface area contributed by atoms with Crippen molar-refractivity contribution in [3.8, 4) is 0 Å². The fourth-order valence-corrected chi connectivity index (χ4v) is 3.74. The van der Waals surface area contributed by atoms with Gasteiger partial charge in [0.25, 0.3) is 0 Å². The lowest BCUT2D eigenvalue weighted by Gasteiger charge is -2.26. The number of likely N-dealkylation sites (tertiary alicyclic amines) is 1. The normalized spacial score (nSPS) is 20.7. The van der Waals surface area contributed by atoms with Crippen molar-refractivity contribution in [1.82, 2.24) is 25.0 Å². The number of halogens is 4. The van der Waals surface area contributed by atoms with E-state index in [2.05, 4.69) is 20.1 Å². The SMILES string of the molecule is O=C(Cn1nc(C2CNC2)c2c(F)cncc21)N1CCC[C@H]1COC(F)(F)F. The number of rotatable bonds is 5. The molecule has 2 aliphatic heterocycles. The van der Waals surface area contributed by atoms with Crippen LogP contribution in [0.3, 0.4) is 0 Å². The number of fused-ring (bicyclic) bond motifs is 1. The highest BCUT2D eigenvalue weighted by Crippen LogP contribution is 2.29. The number of hydrogen-bond donors (Lipinski definition) is 1. The van der Waals surface area contributed by atoms with Gasteiger partial charge in [-0.2, -0.15) is 5.10 Å².